The third kappa shape index (κ3) is 4.85. The zero-order chi connectivity index (χ0) is 15.9. The number of aliphatic hydroxyl groups is 1. The van der Waals surface area contributed by atoms with Crippen molar-refractivity contribution in [2.45, 2.75) is 50.5 Å². The molecule has 0 spiro atoms. The summed E-state index contributed by atoms with van der Waals surface area (Å²) in [5.41, 5.74) is -0.0159. The molecular formula is C16H23NO3S. The van der Waals surface area contributed by atoms with E-state index in [4.69, 9.17) is 5.11 Å². The second-order valence-electron chi connectivity index (χ2n) is 5.14. The largest absolute Gasteiger partial charge is 0.395 e. The summed E-state index contributed by atoms with van der Waals surface area (Å²) in [6.45, 7) is 5.77. The van der Waals surface area contributed by atoms with Gasteiger partial charge in [-0.15, -0.1) is 0 Å². The van der Waals surface area contributed by atoms with Crippen molar-refractivity contribution in [3.63, 3.8) is 0 Å². The summed E-state index contributed by atoms with van der Waals surface area (Å²) in [4.78, 5) is 0.184. The molecule has 0 bridgehead atoms. The predicted molar refractivity (Wildman–Crippen MR) is 84.3 cm³/mol. The molecule has 0 saturated heterocycles. The lowest BCUT2D eigenvalue weighted by atomic mass is 9.98. The zero-order valence-electron chi connectivity index (χ0n) is 12.8. The molecule has 0 aliphatic heterocycles. The Morgan fingerprint density at radius 1 is 1.24 bits per heavy atom. The fourth-order valence-electron chi connectivity index (χ4n) is 1.79. The first-order chi connectivity index (χ1) is 9.88. The second kappa shape index (κ2) is 7.60. The van der Waals surface area contributed by atoms with Crippen LogP contribution in [0.15, 0.2) is 29.2 Å². The molecule has 0 atom stereocenters. The van der Waals surface area contributed by atoms with Crippen LogP contribution in [0, 0.1) is 11.8 Å². The Balaban J connectivity index is 3.18. The van der Waals surface area contributed by atoms with Gasteiger partial charge in [0, 0.05) is 17.5 Å². The minimum atomic E-state index is -3.62. The Morgan fingerprint density at radius 2 is 1.86 bits per heavy atom. The third-order valence-corrected chi connectivity index (χ3v) is 5.27. The molecule has 1 rings (SSSR count). The van der Waals surface area contributed by atoms with Gasteiger partial charge in [0.15, 0.2) is 0 Å². The van der Waals surface area contributed by atoms with E-state index in [0.29, 0.717) is 24.8 Å². The maximum absolute atomic E-state index is 12.6. The highest BCUT2D eigenvalue weighted by molar-refractivity contribution is 7.89. The summed E-state index contributed by atoms with van der Waals surface area (Å²) in [5, 5.41) is 8.76. The van der Waals surface area contributed by atoms with E-state index in [-0.39, 0.29) is 11.5 Å². The van der Waals surface area contributed by atoms with Crippen molar-refractivity contribution < 1.29 is 13.5 Å². The van der Waals surface area contributed by atoms with Crippen molar-refractivity contribution in [1.29, 1.82) is 0 Å². The van der Waals surface area contributed by atoms with E-state index in [1.165, 1.54) is 0 Å². The number of sulfonamides is 1. The van der Waals surface area contributed by atoms with Crippen LogP contribution in [0.25, 0.3) is 0 Å². The number of nitrogens with one attached hydrogen (secondary N) is 1. The van der Waals surface area contributed by atoms with Gasteiger partial charge in [-0.25, -0.2) is 13.1 Å². The first-order valence-electron chi connectivity index (χ1n) is 7.11. The zero-order valence-corrected chi connectivity index (χ0v) is 13.6. The Hall–Kier alpha value is -1.35. The third-order valence-electron chi connectivity index (χ3n) is 3.58. The van der Waals surface area contributed by atoms with Crippen LogP contribution in [0.1, 0.15) is 45.6 Å². The topological polar surface area (TPSA) is 66.4 Å². The smallest absolute Gasteiger partial charge is 0.242 e. The highest BCUT2D eigenvalue weighted by Crippen LogP contribution is 2.21. The molecule has 0 unspecified atom stereocenters. The minimum Gasteiger partial charge on any atom is -0.395 e. The van der Waals surface area contributed by atoms with Crippen LogP contribution in [0.4, 0.5) is 0 Å². The first-order valence-corrected chi connectivity index (χ1v) is 8.59. The molecule has 4 nitrogen and oxygen atoms in total. The molecule has 1 aromatic rings. The van der Waals surface area contributed by atoms with Crippen molar-refractivity contribution in [2.24, 2.45) is 0 Å². The van der Waals surface area contributed by atoms with E-state index in [1.54, 1.807) is 24.3 Å². The van der Waals surface area contributed by atoms with Gasteiger partial charge in [-0.1, -0.05) is 37.8 Å². The average Bonchev–Trinajstić information content (AvgIpc) is 2.47. The summed E-state index contributed by atoms with van der Waals surface area (Å²) in [7, 11) is -3.62. The van der Waals surface area contributed by atoms with Crippen LogP contribution in [-0.4, -0.2) is 25.7 Å². The Morgan fingerprint density at radius 3 is 2.43 bits per heavy atom. The number of rotatable bonds is 6. The number of hydrogen-bond donors (Lipinski definition) is 2. The first kappa shape index (κ1) is 17.7. The highest BCUT2D eigenvalue weighted by atomic mass is 32.2. The van der Waals surface area contributed by atoms with E-state index in [0.717, 1.165) is 0 Å². The summed E-state index contributed by atoms with van der Waals surface area (Å²) in [6, 6.07) is 6.66. The lowest BCUT2D eigenvalue weighted by molar-refractivity contribution is 0.305. The van der Waals surface area contributed by atoms with Crippen molar-refractivity contribution in [1.82, 2.24) is 4.72 Å². The Kier molecular flexibility index (Phi) is 6.41. The Labute approximate surface area is 127 Å². The summed E-state index contributed by atoms with van der Waals surface area (Å²) in [6.07, 6.45) is 1.74. The molecule has 0 aliphatic carbocycles. The van der Waals surface area contributed by atoms with E-state index in [2.05, 4.69) is 16.6 Å². The normalized spacial score (nSPS) is 11.8. The van der Waals surface area contributed by atoms with E-state index in [1.807, 2.05) is 20.8 Å². The van der Waals surface area contributed by atoms with E-state index >= 15 is 0 Å². The molecular weight excluding hydrogens is 286 g/mol. The van der Waals surface area contributed by atoms with Gasteiger partial charge in [-0.3, -0.25) is 0 Å². The number of aliphatic hydroxyl groups excluding tert-OH is 1. The molecule has 0 aromatic heterocycles. The van der Waals surface area contributed by atoms with Gasteiger partial charge in [-0.05, 0) is 31.9 Å². The molecule has 21 heavy (non-hydrogen) atoms. The summed E-state index contributed by atoms with van der Waals surface area (Å²) >= 11 is 0. The van der Waals surface area contributed by atoms with Crippen LogP contribution in [0.2, 0.25) is 0 Å². The second-order valence-corrected chi connectivity index (χ2v) is 6.80. The van der Waals surface area contributed by atoms with Gasteiger partial charge < -0.3 is 5.11 Å². The number of hydrogen-bond acceptors (Lipinski definition) is 3. The van der Waals surface area contributed by atoms with Crippen LogP contribution in [0.5, 0.6) is 0 Å². The fourth-order valence-corrected chi connectivity index (χ4v) is 3.51. The summed E-state index contributed by atoms with van der Waals surface area (Å²) in [5.74, 6) is 5.58. The maximum Gasteiger partial charge on any atom is 0.242 e. The molecule has 5 heteroatoms. The van der Waals surface area contributed by atoms with Gasteiger partial charge in [0.25, 0.3) is 0 Å². The van der Waals surface area contributed by atoms with Crippen molar-refractivity contribution in [2.75, 3.05) is 6.61 Å². The SMILES string of the molecule is CCC(C)(CC)NS(=O)(=O)c1ccccc1C#CCCO. The lowest BCUT2D eigenvalue weighted by Crippen LogP contribution is -2.45. The monoisotopic (exact) mass is 309 g/mol. The molecule has 0 heterocycles. The van der Waals surface area contributed by atoms with Gasteiger partial charge in [-0.2, -0.15) is 0 Å². The van der Waals surface area contributed by atoms with Crippen LogP contribution >= 0.6 is 0 Å². The molecule has 1 aromatic carbocycles. The van der Waals surface area contributed by atoms with Gasteiger partial charge in [0.2, 0.25) is 10.0 Å². The predicted octanol–water partition coefficient (Wildman–Crippen LogP) is 2.28. The highest BCUT2D eigenvalue weighted by Gasteiger charge is 2.28. The molecule has 116 valence electrons. The van der Waals surface area contributed by atoms with Crippen LogP contribution < -0.4 is 4.72 Å². The van der Waals surface area contributed by atoms with Crippen LogP contribution in [0.3, 0.4) is 0 Å². The van der Waals surface area contributed by atoms with Crippen LogP contribution in [-0.2, 0) is 10.0 Å². The van der Waals surface area contributed by atoms with Gasteiger partial charge in [0.05, 0.1) is 11.5 Å². The molecule has 0 aliphatic rings. The molecule has 0 fully saturated rings. The Bertz CT molecular complexity index is 622. The summed E-state index contributed by atoms with van der Waals surface area (Å²) < 4.78 is 28.0. The van der Waals surface area contributed by atoms with Gasteiger partial charge >= 0.3 is 0 Å². The minimum absolute atomic E-state index is 0.0378. The standard InChI is InChI=1S/C16H23NO3S/c1-4-16(3,5-2)17-21(19,20)15-12-7-6-10-14(15)11-8-9-13-18/h6-7,10,12,17-18H,4-5,9,13H2,1-3H3. The molecule has 2 N–H and O–H groups in total. The maximum atomic E-state index is 12.6. The average molecular weight is 309 g/mol. The van der Waals surface area contributed by atoms with E-state index in [9.17, 15) is 8.42 Å². The van der Waals surface area contributed by atoms with Crippen molar-refractivity contribution in [3.05, 3.63) is 29.8 Å². The fraction of sp³-hybridized carbons (Fsp3) is 0.500. The molecule has 0 radical (unpaired) electrons. The quantitative estimate of drug-likeness (QED) is 0.792. The molecule has 0 saturated carbocycles. The van der Waals surface area contributed by atoms with Gasteiger partial charge in [0.1, 0.15) is 0 Å². The van der Waals surface area contributed by atoms with Crippen molar-refractivity contribution >= 4 is 10.0 Å². The van der Waals surface area contributed by atoms with E-state index < -0.39 is 15.6 Å². The lowest BCUT2D eigenvalue weighted by Gasteiger charge is -2.28. The van der Waals surface area contributed by atoms with Crippen molar-refractivity contribution in [3.8, 4) is 11.8 Å². The number of benzene rings is 1. The molecule has 0 amide bonds.